The van der Waals surface area contributed by atoms with E-state index < -0.39 is 0 Å². The first-order valence-electron chi connectivity index (χ1n) is 15.7. The maximum absolute atomic E-state index is 7.08. The van der Waals surface area contributed by atoms with E-state index in [0.29, 0.717) is 0 Å². The molecular weight excluding hydrogens is 577 g/mol. The third-order valence-corrected chi connectivity index (χ3v) is 10.6. The molecule has 0 aliphatic heterocycles. The second kappa shape index (κ2) is 9.90. The Hall–Kier alpha value is -5.70. The van der Waals surface area contributed by atoms with Crippen LogP contribution in [0.4, 0.5) is 0 Å². The van der Waals surface area contributed by atoms with Gasteiger partial charge < -0.3 is 4.42 Å². The number of hydrogen-bond acceptors (Lipinski definition) is 2. The van der Waals surface area contributed by atoms with Gasteiger partial charge in [-0.2, -0.15) is 0 Å². The van der Waals surface area contributed by atoms with E-state index in [2.05, 4.69) is 158 Å². The highest BCUT2D eigenvalue weighted by Gasteiger charge is 2.25. The quantitative estimate of drug-likeness (QED) is 0.183. The van der Waals surface area contributed by atoms with Crippen LogP contribution in [-0.4, -0.2) is 0 Å². The molecule has 0 aliphatic carbocycles. The zero-order chi connectivity index (χ0) is 30.2. The molecule has 0 spiro atoms. The Kier molecular flexibility index (Phi) is 5.51. The molecule has 0 atom stereocenters. The lowest BCUT2D eigenvalue weighted by Crippen LogP contribution is -1.92. The summed E-state index contributed by atoms with van der Waals surface area (Å²) in [6.45, 7) is 0. The van der Waals surface area contributed by atoms with Gasteiger partial charge in [-0.15, -0.1) is 11.3 Å². The molecular formula is C44H26OS. The van der Waals surface area contributed by atoms with E-state index in [0.717, 1.165) is 33.4 Å². The first-order chi connectivity index (χ1) is 22.8. The molecule has 10 aromatic rings. The van der Waals surface area contributed by atoms with Gasteiger partial charge in [0.05, 0.1) is 0 Å². The van der Waals surface area contributed by atoms with Gasteiger partial charge in [0.15, 0.2) is 0 Å². The third kappa shape index (κ3) is 3.68. The van der Waals surface area contributed by atoms with Crippen LogP contribution in [0.1, 0.15) is 0 Å². The summed E-state index contributed by atoms with van der Waals surface area (Å²) in [5.41, 5.74) is 6.85. The van der Waals surface area contributed by atoms with E-state index in [1.165, 1.54) is 63.6 Å². The van der Waals surface area contributed by atoms with Crippen molar-refractivity contribution in [3.63, 3.8) is 0 Å². The van der Waals surface area contributed by atoms with Crippen LogP contribution in [0.15, 0.2) is 162 Å². The van der Waals surface area contributed by atoms with E-state index in [1.54, 1.807) is 0 Å². The molecule has 2 heterocycles. The summed E-state index contributed by atoms with van der Waals surface area (Å²) in [6.07, 6.45) is 0. The number of fused-ring (bicyclic) bond motifs is 7. The first-order valence-corrected chi connectivity index (χ1v) is 16.5. The topological polar surface area (TPSA) is 13.1 Å². The van der Waals surface area contributed by atoms with Crippen LogP contribution in [-0.2, 0) is 0 Å². The molecule has 0 aliphatic rings. The van der Waals surface area contributed by atoms with Crippen molar-refractivity contribution >= 4 is 74.8 Å². The number of hydrogen-bond donors (Lipinski definition) is 0. The van der Waals surface area contributed by atoms with Crippen molar-refractivity contribution < 1.29 is 4.42 Å². The molecule has 0 radical (unpaired) electrons. The fourth-order valence-corrected chi connectivity index (χ4v) is 8.61. The highest BCUT2D eigenvalue weighted by Crippen LogP contribution is 2.50. The van der Waals surface area contributed by atoms with Crippen LogP contribution >= 0.6 is 11.3 Å². The number of furan rings is 1. The molecule has 0 unspecified atom stereocenters. The lowest BCUT2D eigenvalue weighted by Gasteiger charge is -2.18. The minimum absolute atomic E-state index is 0.916. The Labute approximate surface area is 269 Å². The fourth-order valence-electron chi connectivity index (χ4n) is 7.49. The van der Waals surface area contributed by atoms with Gasteiger partial charge in [0.2, 0.25) is 0 Å². The molecule has 8 aromatic carbocycles. The standard InChI is InChI=1S/C44H26OS/c1-2-14-28(15-3-1)41-37-25-36-30-18-10-11-24-39(30)46-40(36)26-38(37)45-44(41)43-34-21-8-6-19-32(34)42(33-20-7-9-22-35(33)43)31-23-12-16-27-13-4-5-17-29(27)31/h1-26H. The highest BCUT2D eigenvalue weighted by molar-refractivity contribution is 7.25. The maximum Gasteiger partial charge on any atom is 0.144 e. The Bertz CT molecular complexity index is 2740. The van der Waals surface area contributed by atoms with Crippen LogP contribution in [0.3, 0.4) is 0 Å². The van der Waals surface area contributed by atoms with Crippen LogP contribution in [0.5, 0.6) is 0 Å². The van der Waals surface area contributed by atoms with Crippen LogP contribution in [0, 0.1) is 0 Å². The predicted octanol–water partition coefficient (Wildman–Crippen LogP) is 13.3. The molecule has 0 N–H and O–H groups in total. The van der Waals surface area contributed by atoms with E-state index in [1.807, 2.05) is 11.3 Å². The molecule has 2 heteroatoms. The summed E-state index contributed by atoms with van der Waals surface area (Å²) in [5.74, 6) is 0.917. The molecule has 0 bridgehead atoms. The Morgan fingerprint density at radius 2 is 0.957 bits per heavy atom. The normalized spacial score (nSPS) is 11.9. The van der Waals surface area contributed by atoms with Crippen molar-refractivity contribution in [3.05, 3.63) is 158 Å². The predicted molar refractivity (Wildman–Crippen MR) is 198 cm³/mol. The summed E-state index contributed by atoms with van der Waals surface area (Å²) >= 11 is 1.83. The summed E-state index contributed by atoms with van der Waals surface area (Å²) < 4.78 is 9.63. The zero-order valence-corrected chi connectivity index (χ0v) is 25.6. The van der Waals surface area contributed by atoms with Crippen LogP contribution < -0.4 is 0 Å². The average molecular weight is 603 g/mol. The van der Waals surface area contributed by atoms with Crippen molar-refractivity contribution in [2.24, 2.45) is 0 Å². The van der Waals surface area contributed by atoms with Gasteiger partial charge in [0.1, 0.15) is 11.3 Å². The SMILES string of the molecule is c1ccc(-c2c(-c3c4ccccc4c(-c4cccc5ccccc45)c4ccccc34)oc3cc4sc5ccccc5c4cc23)cc1. The zero-order valence-electron chi connectivity index (χ0n) is 24.8. The number of rotatable bonds is 3. The average Bonchev–Trinajstić information content (AvgIpc) is 3.67. The van der Waals surface area contributed by atoms with E-state index >= 15 is 0 Å². The highest BCUT2D eigenvalue weighted by atomic mass is 32.1. The molecule has 0 saturated heterocycles. The third-order valence-electron chi connectivity index (χ3n) is 9.47. The van der Waals surface area contributed by atoms with Crippen molar-refractivity contribution in [3.8, 4) is 33.6 Å². The van der Waals surface area contributed by atoms with Gasteiger partial charge in [0, 0.05) is 36.7 Å². The van der Waals surface area contributed by atoms with Gasteiger partial charge in [0.25, 0.3) is 0 Å². The summed E-state index contributed by atoms with van der Waals surface area (Å²) in [7, 11) is 0. The van der Waals surface area contributed by atoms with Crippen LogP contribution in [0.25, 0.3) is 97.0 Å². The van der Waals surface area contributed by atoms with Gasteiger partial charge in [-0.3, -0.25) is 0 Å². The van der Waals surface area contributed by atoms with E-state index in [9.17, 15) is 0 Å². The van der Waals surface area contributed by atoms with Gasteiger partial charge in [-0.05, 0) is 67.2 Å². The molecule has 214 valence electrons. The monoisotopic (exact) mass is 602 g/mol. The van der Waals surface area contributed by atoms with Gasteiger partial charge >= 0.3 is 0 Å². The summed E-state index contributed by atoms with van der Waals surface area (Å²) in [4.78, 5) is 0. The maximum atomic E-state index is 7.08. The van der Waals surface area contributed by atoms with Crippen molar-refractivity contribution in [1.29, 1.82) is 0 Å². The Balaban J connectivity index is 1.37. The second-order valence-corrected chi connectivity index (χ2v) is 13.1. The molecule has 0 saturated carbocycles. The van der Waals surface area contributed by atoms with Gasteiger partial charge in [-0.25, -0.2) is 0 Å². The van der Waals surface area contributed by atoms with Gasteiger partial charge in [-0.1, -0.05) is 140 Å². The van der Waals surface area contributed by atoms with E-state index in [-0.39, 0.29) is 0 Å². The second-order valence-electron chi connectivity index (χ2n) is 12.0. The first kappa shape index (κ1) is 25.6. The Morgan fingerprint density at radius 3 is 1.70 bits per heavy atom. The lowest BCUT2D eigenvalue weighted by molar-refractivity contribution is 0.634. The fraction of sp³-hybridized carbons (Fsp3) is 0. The molecule has 1 nitrogen and oxygen atoms in total. The van der Waals surface area contributed by atoms with Crippen LogP contribution in [0.2, 0.25) is 0 Å². The number of benzene rings is 8. The molecule has 0 amide bonds. The summed E-state index contributed by atoms with van der Waals surface area (Å²) in [6, 6.07) is 57.1. The minimum Gasteiger partial charge on any atom is -0.455 e. The van der Waals surface area contributed by atoms with Crippen molar-refractivity contribution in [2.45, 2.75) is 0 Å². The summed E-state index contributed by atoms with van der Waals surface area (Å²) in [5, 5.41) is 11.0. The molecule has 46 heavy (non-hydrogen) atoms. The Morgan fingerprint density at radius 1 is 0.370 bits per heavy atom. The molecule has 0 fully saturated rings. The minimum atomic E-state index is 0.916. The lowest BCUT2D eigenvalue weighted by atomic mass is 9.85. The largest absolute Gasteiger partial charge is 0.455 e. The molecule has 2 aromatic heterocycles. The van der Waals surface area contributed by atoms with Crippen molar-refractivity contribution in [2.75, 3.05) is 0 Å². The van der Waals surface area contributed by atoms with Crippen molar-refractivity contribution in [1.82, 2.24) is 0 Å². The number of thiophene rings is 1. The smallest absolute Gasteiger partial charge is 0.144 e. The van der Waals surface area contributed by atoms with E-state index in [4.69, 9.17) is 4.42 Å². The molecule has 10 rings (SSSR count).